The van der Waals surface area contributed by atoms with Crippen LogP contribution < -0.4 is 10.1 Å². The molecule has 2 aliphatic rings. The van der Waals surface area contributed by atoms with Crippen LogP contribution in [0.1, 0.15) is 48.0 Å². The summed E-state index contributed by atoms with van der Waals surface area (Å²) in [6, 6.07) is 13.5. The highest BCUT2D eigenvalue weighted by Crippen LogP contribution is 2.37. The Labute approximate surface area is 216 Å². The number of rotatable bonds is 8. The second-order valence-electron chi connectivity index (χ2n) is 9.51. The molecule has 2 aromatic rings. The summed E-state index contributed by atoms with van der Waals surface area (Å²) in [6.45, 7) is 2.59. The van der Waals surface area contributed by atoms with E-state index in [4.69, 9.17) is 14.5 Å². The molecule has 0 radical (unpaired) electrons. The van der Waals surface area contributed by atoms with E-state index in [0.29, 0.717) is 38.0 Å². The van der Waals surface area contributed by atoms with Gasteiger partial charge in [-0.1, -0.05) is 24.3 Å². The van der Waals surface area contributed by atoms with Crippen LogP contribution in [-0.4, -0.2) is 67.7 Å². The van der Waals surface area contributed by atoms with Crippen molar-refractivity contribution < 1.29 is 23.8 Å². The molecule has 2 heterocycles. The van der Waals surface area contributed by atoms with Gasteiger partial charge in [-0.3, -0.25) is 9.79 Å². The maximum absolute atomic E-state index is 15.1. The van der Waals surface area contributed by atoms with Crippen molar-refractivity contribution in [2.45, 2.75) is 43.6 Å². The minimum Gasteiger partial charge on any atom is -0.507 e. The minimum absolute atomic E-state index is 0.0451. The molecule has 2 fully saturated rings. The lowest BCUT2D eigenvalue weighted by atomic mass is 9.72. The van der Waals surface area contributed by atoms with Gasteiger partial charge in [-0.15, -0.1) is 0 Å². The van der Waals surface area contributed by atoms with Gasteiger partial charge in [0.2, 0.25) is 0 Å². The molecule has 0 unspecified atom stereocenters. The summed E-state index contributed by atoms with van der Waals surface area (Å²) in [5.74, 6) is -0.0137. The predicted octanol–water partition coefficient (Wildman–Crippen LogP) is 3.79. The molecule has 2 saturated heterocycles. The number of carbonyl (C=O) groups excluding carboxylic acids is 1. The summed E-state index contributed by atoms with van der Waals surface area (Å²) < 4.78 is 26.0. The second-order valence-corrected chi connectivity index (χ2v) is 9.51. The number of halogens is 1. The SMILES string of the molecule is COc1cccc(O)c1C(=O)NCC1(c2ccccc2F)CCN(C(CC#N)=NC[C@H]2CCCO2)CC1. The van der Waals surface area contributed by atoms with E-state index in [1.54, 1.807) is 30.3 Å². The van der Waals surface area contributed by atoms with E-state index in [2.05, 4.69) is 16.3 Å². The number of ether oxygens (including phenoxy) is 2. The molecule has 2 N–H and O–H groups in total. The van der Waals surface area contributed by atoms with Crippen molar-refractivity contribution in [3.8, 4) is 17.6 Å². The van der Waals surface area contributed by atoms with Gasteiger partial charge in [-0.2, -0.15) is 5.26 Å². The largest absolute Gasteiger partial charge is 0.507 e. The van der Waals surface area contributed by atoms with Gasteiger partial charge in [0.05, 0.1) is 32.2 Å². The quantitative estimate of drug-likeness (QED) is 0.415. The van der Waals surface area contributed by atoms with Crippen molar-refractivity contribution >= 4 is 11.7 Å². The lowest BCUT2D eigenvalue weighted by Crippen LogP contribution is -2.50. The fourth-order valence-electron chi connectivity index (χ4n) is 5.22. The summed E-state index contributed by atoms with van der Waals surface area (Å²) in [4.78, 5) is 19.9. The molecule has 196 valence electrons. The van der Waals surface area contributed by atoms with Gasteiger partial charge in [0.25, 0.3) is 5.91 Å². The summed E-state index contributed by atoms with van der Waals surface area (Å²) in [5.41, 5.74) is -0.0809. The van der Waals surface area contributed by atoms with Crippen LogP contribution in [0.25, 0.3) is 0 Å². The average molecular weight is 509 g/mol. The van der Waals surface area contributed by atoms with E-state index in [9.17, 15) is 15.2 Å². The molecule has 2 aromatic carbocycles. The first-order valence-electron chi connectivity index (χ1n) is 12.6. The summed E-state index contributed by atoms with van der Waals surface area (Å²) in [5, 5.41) is 22.6. The molecule has 9 heteroatoms. The van der Waals surface area contributed by atoms with Crippen LogP contribution in [0, 0.1) is 17.1 Å². The number of hydrogen-bond acceptors (Lipinski definition) is 6. The topological polar surface area (TPSA) is 107 Å². The number of hydrogen-bond donors (Lipinski definition) is 2. The molecular weight excluding hydrogens is 475 g/mol. The molecule has 2 aliphatic heterocycles. The van der Waals surface area contributed by atoms with Crippen molar-refractivity contribution in [1.82, 2.24) is 10.2 Å². The Bertz CT molecular complexity index is 1170. The fraction of sp³-hybridized carbons (Fsp3) is 0.464. The van der Waals surface area contributed by atoms with Gasteiger partial charge >= 0.3 is 0 Å². The zero-order valence-electron chi connectivity index (χ0n) is 21.1. The number of nitrogens with zero attached hydrogens (tertiary/aromatic N) is 3. The monoisotopic (exact) mass is 508 g/mol. The van der Waals surface area contributed by atoms with Crippen molar-refractivity contribution in [1.29, 1.82) is 5.26 Å². The minimum atomic E-state index is -0.665. The number of aromatic hydroxyl groups is 1. The number of carbonyl (C=O) groups is 1. The standard InChI is InChI=1S/C28H33FN4O4/c1-36-24-10-4-9-23(34)26(24)27(35)32-19-28(21-7-2-3-8-22(21)29)12-15-33(16-13-28)25(11-14-30)31-18-20-6-5-17-37-20/h2-4,7-10,20,34H,5-6,11-13,15-19H2,1H3,(H,32,35)/t20-/m1/s1. The highest BCUT2D eigenvalue weighted by molar-refractivity contribution is 5.99. The molecule has 1 amide bonds. The number of piperidine rings is 1. The van der Waals surface area contributed by atoms with Gasteiger partial charge in [-0.25, -0.2) is 4.39 Å². The van der Waals surface area contributed by atoms with Crippen molar-refractivity contribution in [2.24, 2.45) is 4.99 Å². The zero-order valence-corrected chi connectivity index (χ0v) is 21.1. The first kappa shape index (κ1) is 26.4. The smallest absolute Gasteiger partial charge is 0.258 e. The fourth-order valence-corrected chi connectivity index (χ4v) is 5.22. The van der Waals surface area contributed by atoms with Gasteiger partial charge in [0.15, 0.2) is 0 Å². The highest BCUT2D eigenvalue weighted by Gasteiger charge is 2.39. The van der Waals surface area contributed by atoms with E-state index < -0.39 is 11.3 Å². The number of nitriles is 1. The Morgan fingerprint density at radius 1 is 1.30 bits per heavy atom. The summed E-state index contributed by atoms with van der Waals surface area (Å²) in [7, 11) is 1.43. The van der Waals surface area contributed by atoms with Gasteiger partial charge in [0, 0.05) is 31.7 Å². The maximum Gasteiger partial charge on any atom is 0.258 e. The zero-order chi connectivity index (χ0) is 26.3. The number of nitrogens with one attached hydrogen (secondary N) is 1. The summed E-state index contributed by atoms with van der Waals surface area (Å²) in [6.07, 6.45) is 3.40. The van der Waals surface area contributed by atoms with E-state index in [1.165, 1.54) is 19.2 Å². The predicted molar refractivity (Wildman–Crippen MR) is 137 cm³/mol. The molecule has 37 heavy (non-hydrogen) atoms. The third-order valence-electron chi connectivity index (χ3n) is 7.31. The Hall–Kier alpha value is -3.64. The number of aliphatic imine (C=N–C) groups is 1. The number of methoxy groups -OCH3 is 1. The number of benzene rings is 2. The number of amides is 1. The average Bonchev–Trinajstić information content (AvgIpc) is 3.44. The summed E-state index contributed by atoms with van der Waals surface area (Å²) >= 11 is 0. The van der Waals surface area contributed by atoms with Crippen LogP contribution in [0.3, 0.4) is 0 Å². The van der Waals surface area contributed by atoms with E-state index in [-0.39, 0.29) is 41.9 Å². The van der Waals surface area contributed by atoms with Crippen molar-refractivity contribution in [3.05, 3.63) is 59.4 Å². The molecule has 0 aromatic heterocycles. The molecule has 4 rings (SSSR count). The van der Waals surface area contributed by atoms with Gasteiger partial charge < -0.3 is 24.8 Å². The van der Waals surface area contributed by atoms with Crippen LogP contribution in [0.15, 0.2) is 47.5 Å². The van der Waals surface area contributed by atoms with E-state index in [0.717, 1.165) is 25.3 Å². The molecule has 0 spiro atoms. The third kappa shape index (κ3) is 6.03. The molecular formula is C28H33FN4O4. The van der Waals surface area contributed by atoms with Gasteiger partial charge in [-0.05, 0) is 49.4 Å². The Kier molecular flexibility index (Phi) is 8.62. The number of amidine groups is 1. The first-order valence-corrected chi connectivity index (χ1v) is 12.6. The number of phenols is 1. The molecule has 0 bridgehead atoms. The number of phenolic OH excluding ortho intramolecular Hbond substituents is 1. The van der Waals surface area contributed by atoms with Crippen LogP contribution in [0.2, 0.25) is 0 Å². The van der Waals surface area contributed by atoms with E-state index >= 15 is 4.39 Å². The first-order chi connectivity index (χ1) is 18.0. The molecule has 1 atom stereocenters. The lowest BCUT2D eigenvalue weighted by molar-refractivity contribution is 0.0925. The third-order valence-corrected chi connectivity index (χ3v) is 7.31. The van der Waals surface area contributed by atoms with Crippen LogP contribution in [0.4, 0.5) is 4.39 Å². The van der Waals surface area contributed by atoms with Crippen LogP contribution in [-0.2, 0) is 10.2 Å². The number of likely N-dealkylation sites (tertiary alicyclic amines) is 1. The highest BCUT2D eigenvalue weighted by atomic mass is 19.1. The molecule has 0 saturated carbocycles. The Morgan fingerprint density at radius 3 is 2.76 bits per heavy atom. The normalized spacial score (nSPS) is 19.3. The van der Waals surface area contributed by atoms with Crippen LogP contribution in [0.5, 0.6) is 11.5 Å². The molecule has 8 nitrogen and oxygen atoms in total. The van der Waals surface area contributed by atoms with Gasteiger partial charge in [0.1, 0.15) is 28.7 Å². The van der Waals surface area contributed by atoms with Crippen molar-refractivity contribution in [2.75, 3.05) is 39.9 Å². The second kappa shape index (κ2) is 12.1. The maximum atomic E-state index is 15.1. The molecule has 0 aliphatic carbocycles. The van der Waals surface area contributed by atoms with E-state index in [1.807, 2.05) is 0 Å². The lowest BCUT2D eigenvalue weighted by Gasteiger charge is -2.43. The van der Waals surface area contributed by atoms with Crippen molar-refractivity contribution in [3.63, 3.8) is 0 Å². The Balaban J connectivity index is 1.53. The Morgan fingerprint density at radius 2 is 2.08 bits per heavy atom. The van der Waals surface area contributed by atoms with Crippen LogP contribution >= 0.6 is 0 Å².